The molecule has 16 heteroatoms. The van der Waals surface area contributed by atoms with E-state index in [2.05, 4.69) is 305 Å². The van der Waals surface area contributed by atoms with Crippen LogP contribution in [0.25, 0.3) is 88.6 Å². The number of pyridine rings is 4. The minimum absolute atomic E-state index is 0. The van der Waals surface area contributed by atoms with E-state index in [1.165, 1.54) is 104 Å². The molecule has 0 aliphatic rings. The molecular weight excluding hydrogens is 2420 g/mol. The van der Waals surface area contributed by atoms with Gasteiger partial charge in [0, 0.05) is 141 Å². The number of aliphatic hydroxyl groups is 4. The molecule has 8 aromatic carbocycles. The van der Waals surface area contributed by atoms with E-state index < -0.39 is 0 Å². The topological polar surface area (TPSA) is 201 Å². The van der Waals surface area contributed by atoms with Crippen LogP contribution in [0.1, 0.15) is 258 Å². The summed E-state index contributed by atoms with van der Waals surface area (Å²) >= 11 is 0. The zero-order valence-corrected chi connectivity index (χ0v) is 97.4. The van der Waals surface area contributed by atoms with Crippen molar-refractivity contribution in [3.8, 4) is 45.0 Å². The summed E-state index contributed by atoms with van der Waals surface area (Å²) < 4.78 is 0. The van der Waals surface area contributed by atoms with Gasteiger partial charge in [-0.25, -0.2) is 0 Å². The third kappa shape index (κ3) is 46.9. The maximum absolute atomic E-state index is 11.7. The second-order valence-corrected chi connectivity index (χ2v) is 39.3. The smallest absolute Gasteiger partial charge is 0.162 e. The molecule has 752 valence electrons. The maximum atomic E-state index is 11.7. The van der Waals surface area contributed by atoms with Gasteiger partial charge in [-0.05, 0) is 192 Å². The first-order chi connectivity index (χ1) is 63.1. The van der Waals surface area contributed by atoms with Crippen LogP contribution in [0.15, 0.2) is 217 Å². The Labute approximate surface area is 883 Å². The van der Waals surface area contributed by atoms with Crippen LogP contribution in [0, 0.1) is 139 Å². The van der Waals surface area contributed by atoms with Crippen molar-refractivity contribution in [3.63, 3.8) is 0 Å². The molecule has 0 spiro atoms. The number of aryl methyl sites for hydroxylation is 8. The molecule has 12 nitrogen and oxygen atoms in total. The van der Waals surface area contributed by atoms with Crippen LogP contribution in [0.2, 0.25) is 0 Å². The van der Waals surface area contributed by atoms with Crippen LogP contribution < -0.4 is 0 Å². The molecule has 0 saturated carbocycles. The molecule has 12 rings (SSSR count). The van der Waals surface area contributed by atoms with Gasteiger partial charge in [-0.15, -0.1) is 140 Å². The first kappa shape index (κ1) is 127. The van der Waals surface area contributed by atoms with Crippen molar-refractivity contribution >= 4 is 66.7 Å². The van der Waals surface area contributed by atoms with Crippen molar-refractivity contribution in [2.24, 2.45) is 59.2 Å². The number of aliphatic hydroxyl groups excluding tert-OH is 4. The third-order valence-electron chi connectivity index (χ3n) is 21.8. The van der Waals surface area contributed by atoms with Crippen LogP contribution in [0.5, 0.6) is 0 Å². The molecule has 0 atom stereocenters. The molecule has 4 N–H and O–H groups in total. The van der Waals surface area contributed by atoms with Gasteiger partial charge in [0.1, 0.15) is 0 Å². The predicted octanol–water partition coefficient (Wildman–Crippen LogP) is 32.4. The van der Waals surface area contributed by atoms with Crippen LogP contribution in [-0.2, 0) is 125 Å². The fourth-order valence-electron chi connectivity index (χ4n) is 15.5. The summed E-state index contributed by atoms with van der Waals surface area (Å²) in [6, 6.07) is 74.3. The van der Waals surface area contributed by atoms with Gasteiger partial charge in [0.2, 0.25) is 0 Å². The second-order valence-electron chi connectivity index (χ2n) is 39.3. The Morgan fingerprint density at radius 1 is 0.304 bits per heavy atom. The number of rotatable bonds is 28. The van der Waals surface area contributed by atoms with Crippen LogP contribution in [0.3, 0.4) is 0 Å². The van der Waals surface area contributed by atoms with Crippen LogP contribution in [0.4, 0.5) is 0 Å². The van der Waals surface area contributed by atoms with Gasteiger partial charge in [0.05, 0.1) is 45.1 Å². The summed E-state index contributed by atoms with van der Waals surface area (Å²) in [7, 11) is 0. The quantitative estimate of drug-likeness (QED) is 0.0206. The number of benzene rings is 8. The van der Waals surface area contributed by atoms with E-state index in [9.17, 15) is 34.5 Å². The SMILES string of the molecule is CC(=O)C=C(C)O.CC(C)C(=O)C=C(O)C(C)C.CC(C)CC(=O)C=C(O)CC(C)C.CCC(CC)C(=O)C=C(O)C(CC)CC.Cc1[c-]c(-c2ccc3ccc(CC(C)C)cc3n2)cc(C)c1.Cc1[c-]c(-c2ccc3ccc(CC(C)C)cc3n2)cc(C)c1.Cc1[c-]c(-c2ccc3ccc(CC(C)C)cc3n2)cc(C)c1.Cc1[c-]c(-c2ccc3ccc(CC(C)C)cc3n2)cc(C)c1.[Ir].[Ir].[Ir].[Ir]. The number of fused-ring (bicyclic) bond motifs is 4. The normalized spacial score (nSPS) is 11.4. The van der Waals surface area contributed by atoms with Crippen molar-refractivity contribution in [1.29, 1.82) is 0 Å². The van der Waals surface area contributed by atoms with Gasteiger partial charge >= 0.3 is 0 Å². The van der Waals surface area contributed by atoms with Crippen molar-refractivity contribution in [1.82, 2.24) is 19.9 Å². The largest absolute Gasteiger partial charge is 0.512 e. The van der Waals surface area contributed by atoms with E-state index in [0.717, 1.165) is 141 Å². The number of nitrogens with zero attached hydrogens (tertiary/aromatic N) is 4. The summed E-state index contributed by atoms with van der Waals surface area (Å²) in [5, 5.41) is 41.4. The average molecular weight is 2580 g/mol. The Bertz CT molecular complexity index is 5320. The van der Waals surface area contributed by atoms with Gasteiger partial charge in [-0.2, -0.15) is 0 Å². The number of hydrogen-bond donors (Lipinski definition) is 4. The van der Waals surface area contributed by atoms with E-state index in [1.54, 1.807) is 0 Å². The summed E-state index contributed by atoms with van der Waals surface area (Å²) in [6.45, 7) is 61.0. The molecule has 0 aliphatic heterocycles. The number of ketones is 4. The van der Waals surface area contributed by atoms with Gasteiger partial charge in [-0.3, -0.25) is 39.1 Å². The molecule has 0 saturated heterocycles. The molecule has 0 amide bonds. The molecule has 138 heavy (non-hydrogen) atoms. The van der Waals surface area contributed by atoms with E-state index in [-0.39, 0.29) is 150 Å². The monoisotopic (exact) mass is 2580 g/mol. The Hall–Kier alpha value is -9.16. The van der Waals surface area contributed by atoms with Crippen molar-refractivity contribution in [3.05, 3.63) is 308 Å². The molecular formula is C122H156Ir4N4O8-4. The van der Waals surface area contributed by atoms with Gasteiger partial charge in [0.25, 0.3) is 0 Å². The average Bonchev–Trinajstić information content (AvgIpc) is 0.818. The number of carbonyl (C=O) groups excluding carboxylic acids is 4. The number of aromatic nitrogens is 4. The molecule has 4 heterocycles. The fraction of sp³-hybridized carbons (Fsp3) is 0.410. The minimum atomic E-state index is -0.125. The Morgan fingerprint density at radius 2 is 0.565 bits per heavy atom. The van der Waals surface area contributed by atoms with Crippen molar-refractivity contribution in [2.45, 2.75) is 272 Å². The summed E-state index contributed by atoms with van der Waals surface area (Å²) in [6.07, 6.45) is 14.2. The molecule has 0 unspecified atom stereocenters. The molecule has 0 fully saturated rings. The number of allylic oxidation sites excluding steroid dienone is 8. The molecule has 4 radical (unpaired) electrons. The summed E-state index contributed by atoms with van der Waals surface area (Å²) in [5.74, 6) is 4.27. The first-order valence-corrected chi connectivity index (χ1v) is 48.4. The molecule has 4 aromatic heterocycles. The van der Waals surface area contributed by atoms with Gasteiger partial charge in [0.15, 0.2) is 23.1 Å². The first-order valence-electron chi connectivity index (χ1n) is 48.4. The third-order valence-corrected chi connectivity index (χ3v) is 21.8. The van der Waals surface area contributed by atoms with E-state index >= 15 is 0 Å². The summed E-state index contributed by atoms with van der Waals surface area (Å²) in [5.41, 5.74) is 27.7. The summed E-state index contributed by atoms with van der Waals surface area (Å²) in [4.78, 5) is 63.4. The Morgan fingerprint density at radius 3 is 0.775 bits per heavy atom. The zero-order valence-electron chi connectivity index (χ0n) is 87.9. The number of hydrogen-bond acceptors (Lipinski definition) is 12. The van der Waals surface area contributed by atoms with Crippen LogP contribution in [-0.4, -0.2) is 63.5 Å². The predicted molar refractivity (Wildman–Crippen MR) is 567 cm³/mol. The minimum Gasteiger partial charge on any atom is -0.512 e. The van der Waals surface area contributed by atoms with E-state index in [4.69, 9.17) is 25.0 Å². The second kappa shape index (κ2) is 64.3. The van der Waals surface area contributed by atoms with Crippen molar-refractivity contribution in [2.75, 3.05) is 0 Å². The zero-order chi connectivity index (χ0) is 99.9. The number of carbonyl (C=O) groups is 4. The standard InChI is InChI=1S/4C21H22N.C13H24O2.C11H20O2.C9H16O2.C5H8O2.4Ir/c4*1-14(2)9-17-5-6-18-7-8-20(22-21(18)13-17)19-11-15(3)10-16(4)12-19;1-5-10(6-2)12(14)9-13(15)11(7-3)8-4;1-8(2)5-10(12)7-11(13)6-9(3)4;1-6(2)8(10)5-9(11)7(3)4;1-4(6)3-5(2)7;;;;/h4*5-8,10-11,13-14H,9H2,1-4H3;9-11,14H,5-8H2,1-4H3;7-9,12H,5-6H2,1-4H3;5-7,10H,1-4H3;3,6H,1-2H3;;;;/q4*-1;;;;;;;;. The molecule has 12 aromatic rings. The van der Waals surface area contributed by atoms with E-state index in [0.29, 0.717) is 48.3 Å². The van der Waals surface area contributed by atoms with Gasteiger partial charge in [-0.1, -0.05) is 291 Å². The molecule has 0 aliphatic carbocycles. The Kier molecular flexibility index (Phi) is 59.1. The van der Waals surface area contributed by atoms with E-state index in [1.807, 2.05) is 83.1 Å². The van der Waals surface area contributed by atoms with Crippen LogP contribution >= 0.6 is 0 Å². The van der Waals surface area contributed by atoms with Crippen molar-refractivity contribution < 1.29 is 120 Å². The Balaban J connectivity index is 0.000000802. The fourth-order valence-corrected chi connectivity index (χ4v) is 15.5. The molecule has 0 bridgehead atoms. The maximum Gasteiger partial charge on any atom is 0.162 e. The van der Waals surface area contributed by atoms with Gasteiger partial charge < -0.3 is 20.4 Å².